The van der Waals surface area contributed by atoms with E-state index in [0.717, 1.165) is 54.5 Å². The average Bonchev–Trinajstić information content (AvgIpc) is 3.46. The first kappa shape index (κ1) is 32.0. The number of hydrogen-bond donors (Lipinski definition) is 2. The molecule has 0 bridgehead atoms. The molecular formula is C37H39FN4O2S. The van der Waals surface area contributed by atoms with E-state index in [1.54, 1.807) is 30.0 Å². The minimum absolute atomic E-state index is 0.0275. The minimum Gasteiger partial charge on any atom is -0.507 e. The fourth-order valence-electron chi connectivity index (χ4n) is 5.34. The molecule has 0 radical (unpaired) electrons. The predicted octanol–water partition coefficient (Wildman–Crippen LogP) is 7.89. The summed E-state index contributed by atoms with van der Waals surface area (Å²) in [6.45, 7) is 3.33. The SMILES string of the molecule is Cc1ccc(CSc2nnc(C(CCCCNC(=O)c3ccccc3O)Cc3ccc(F)cc3)n2CCc2ccccc2)cc1. The first-order valence-corrected chi connectivity index (χ1v) is 16.4. The second kappa shape index (κ2) is 16.0. The van der Waals surface area contributed by atoms with Gasteiger partial charge in [-0.3, -0.25) is 4.79 Å². The standard InChI is InChI=1S/C37H39FN4O2S/c1-27-14-16-30(17-15-27)26-45-37-41-40-35(42(37)24-22-28-9-3-2-4-10-28)31(25-29-18-20-32(38)21-19-29)11-7-8-23-39-36(44)33-12-5-6-13-34(33)43/h2-6,9-10,12-21,31,43H,7-8,11,22-26H2,1H3,(H,39,44). The summed E-state index contributed by atoms with van der Waals surface area (Å²) < 4.78 is 16.0. The van der Waals surface area contributed by atoms with Gasteiger partial charge in [-0.15, -0.1) is 10.2 Å². The maximum atomic E-state index is 13.7. The Balaban J connectivity index is 1.32. The average molecular weight is 623 g/mol. The molecule has 0 saturated heterocycles. The van der Waals surface area contributed by atoms with Crippen LogP contribution in [0.5, 0.6) is 5.75 Å². The molecule has 1 amide bonds. The number of unbranched alkanes of at least 4 members (excludes halogenated alkanes) is 1. The van der Waals surface area contributed by atoms with E-state index in [1.807, 2.05) is 18.2 Å². The molecule has 1 atom stereocenters. The first-order valence-electron chi connectivity index (χ1n) is 15.4. The van der Waals surface area contributed by atoms with Crippen molar-refractivity contribution < 1.29 is 14.3 Å². The number of aryl methyl sites for hydroxylation is 2. The van der Waals surface area contributed by atoms with Gasteiger partial charge >= 0.3 is 0 Å². The van der Waals surface area contributed by atoms with Crippen molar-refractivity contribution in [1.29, 1.82) is 0 Å². The molecule has 0 aliphatic carbocycles. The molecule has 1 unspecified atom stereocenters. The Hall–Kier alpha value is -4.43. The molecule has 1 aromatic heterocycles. The molecule has 5 aromatic rings. The van der Waals surface area contributed by atoms with Crippen LogP contribution < -0.4 is 5.32 Å². The highest BCUT2D eigenvalue weighted by Gasteiger charge is 2.22. The molecule has 2 N–H and O–H groups in total. The molecule has 0 aliphatic rings. The van der Waals surface area contributed by atoms with Crippen LogP contribution >= 0.6 is 11.8 Å². The van der Waals surface area contributed by atoms with Crippen LogP contribution in [-0.2, 0) is 25.1 Å². The number of phenols is 1. The van der Waals surface area contributed by atoms with Crippen molar-refractivity contribution in [3.8, 4) is 5.75 Å². The number of carbonyl (C=O) groups is 1. The number of nitrogens with one attached hydrogen (secondary N) is 1. The van der Waals surface area contributed by atoms with Crippen LogP contribution in [0.25, 0.3) is 0 Å². The third-order valence-electron chi connectivity index (χ3n) is 7.88. The summed E-state index contributed by atoms with van der Waals surface area (Å²) in [5, 5.41) is 23.3. The summed E-state index contributed by atoms with van der Waals surface area (Å²) in [7, 11) is 0. The molecule has 5 rings (SSSR count). The predicted molar refractivity (Wildman–Crippen MR) is 178 cm³/mol. The van der Waals surface area contributed by atoms with Crippen LogP contribution in [0.4, 0.5) is 4.39 Å². The molecule has 45 heavy (non-hydrogen) atoms. The number of aromatic hydroxyl groups is 1. The van der Waals surface area contributed by atoms with Gasteiger partial charge in [-0.1, -0.05) is 103 Å². The minimum atomic E-state index is -0.285. The van der Waals surface area contributed by atoms with Crippen molar-refractivity contribution in [1.82, 2.24) is 20.1 Å². The lowest BCUT2D eigenvalue weighted by Crippen LogP contribution is -2.24. The van der Waals surface area contributed by atoms with Crippen LogP contribution in [0.15, 0.2) is 108 Å². The molecular weight excluding hydrogens is 583 g/mol. The summed E-state index contributed by atoms with van der Waals surface area (Å²) in [6.07, 6.45) is 4.01. The highest BCUT2D eigenvalue weighted by Crippen LogP contribution is 2.30. The summed E-state index contributed by atoms with van der Waals surface area (Å²) in [6, 6.07) is 32.2. The van der Waals surface area contributed by atoms with E-state index >= 15 is 0 Å². The Morgan fingerprint density at radius 2 is 1.58 bits per heavy atom. The third kappa shape index (κ3) is 9.28. The van der Waals surface area contributed by atoms with Gasteiger partial charge in [0.1, 0.15) is 17.4 Å². The van der Waals surface area contributed by atoms with E-state index in [2.05, 4.69) is 70.4 Å². The highest BCUT2D eigenvalue weighted by atomic mass is 32.2. The molecule has 1 heterocycles. The van der Waals surface area contributed by atoms with E-state index in [0.29, 0.717) is 13.0 Å². The number of para-hydroxylation sites is 1. The Morgan fingerprint density at radius 3 is 2.33 bits per heavy atom. The van der Waals surface area contributed by atoms with Crippen molar-refractivity contribution in [2.24, 2.45) is 0 Å². The van der Waals surface area contributed by atoms with Gasteiger partial charge in [0.25, 0.3) is 5.91 Å². The quantitative estimate of drug-likeness (QED) is 0.0917. The molecule has 232 valence electrons. The lowest BCUT2D eigenvalue weighted by Gasteiger charge is -2.19. The van der Waals surface area contributed by atoms with Gasteiger partial charge < -0.3 is 15.0 Å². The maximum Gasteiger partial charge on any atom is 0.255 e. The smallest absolute Gasteiger partial charge is 0.255 e. The second-order valence-corrected chi connectivity index (χ2v) is 12.2. The van der Waals surface area contributed by atoms with Gasteiger partial charge in [0.2, 0.25) is 0 Å². The van der Waals surface area contributed by atoms with E-state index < -0.39 is 0 Å². The lowest BCUT2D eigenvalue weighted by atomic mass is 9.93. The molecule has 8 heteroatoms. The summed E-state index contributed by atoms with van der Waals surface area (Å²) in [5.74, 6) is 1.22. The largest absolute Gasteiger partial charge is 0.507 e. The van der Waals surface area contributed by atoms with Crippen LogP contribution in [0, 0.1) is 12.7 Å². The zero-order chi connectivity index (χ0) is 31.4. The molecule has 0 aliphatic heterocycles. The van der Waals surface area contributed by atoms with Crippen LogP contribution in [0.3, 0.4) is 0 Å². The molecule has 0 saturated carbocycles. The van der Waals surface area contributed by atoms with E-state index in [9.17, 15) is 14.3 Å². The van der Waals surface area contributed by atoms with Gasteiger partial charge in [0, 0.05) is 24.8 Å². The molecule has 0 spiro atoms. The normalized spacial score (nSPS) is 11.8. The van der Waals surface area contributed by atoms with Gasteiger partial charge in [0.15, 0.2) is 5.16 Å². The number of hydrogen-bond acceptors (Lipinski definition) is 5. The second-order valence-electron chi connectivity index (χ2n) is 11.3. The van der Waals surface area contributed by atoms with Gasteiger partial charge in [-0.25, -0.2) is 4.39 Å². The third-order valence-corrected chi connectivity index (χ3v) is 8.91. The van der Waals surface area contributed by atoms with Gasteiger partial charge in [-0.2, -0.15) is 0 Å². The Labute approximate surface area is 268 Å². The summed E-state index contributed by atoms with van der Waals surface area (Å²) in [4.78, 5) is 12.5. The fraction of sp³-hybridized carbons (Fsp3) is 0.270. The Kier molecular flexibility index (Phi) is 11.4. The highest BCUT2D eigenvalue weighted by molar-refractivity contribution is 7.98. The van der Waals surface area contributed by atoms with Gasteiger partial charge in [0.05, 0.1) is 5.56 Å². The Bertz CT molecular complexity index is 1660. The van der Waals surface area contributed by atoms with E-state index in [1.165, 1.54) is 34.9 Å². The summed E-state index contributed by atoms with van der Waals surface area (Å²) in [5.41, 5.74) is 5.04. The number of nitrogens with zero attached hydrogens (tertiary/aromatic N) is 3. The maximum absolute atomic E-state index is 13.7. The first-order chi connectivity index (χ1) is 22.0. The fourth-order valence-corrected chi connectivity index (χ4v) is 6.27. The van der Waals surface area contributed by atoms with E-state index in [4.69, 9.17) is 5.10 Å². The summed E-state index contributed by atoms with van der Waals surface area (Å²) >= 11 is 1.69. The van der Waals surface area contributed by atoms with Gasteiger partial charge in [-0.05, 0) is 73.6 Å². The number of phenolic OH excluding ortho intramolecular Hbond substituents is 1. The number of carbonyl (C=O) groups excluding carboxylic acids is 1. The number of halogens is 1. The van der Waals surface area contributed by atoms with Crippen LogP contribution in [0.2, 0.25) is 0 Å². The van der Waals surface area contributed by atoms with Crippen molar-refractivity contribution in [2.75, 3.05) is 6.54 Å². The topological polar surface area (TPSA) is 80.0 Å². The van der Waals surface area contributed by atoms with E-state index in [-0.39, 0.29) is 29.0 Å². The monoisotopic (exact) mass is 622 g/mol. The van der Waals surface area contributed by atoms with Crippen molar-refractivity contribution >= 4 is 17.7 Å². The molecule has 4 aromatic carbocycles. The number of rotatable bonds is 15. The van der Waals surface area contributed by atoms with Crippen molar-refractivity contribution in [3.63, 3.8) is 0 Å². The zero-order valence-corrected chi connectivity index (χ0v) is 26.3. The number of amides is 1. The van der Waals surface area contributed by atoms with Crippen LogP contribution in [-0.4, -0.2) is 32.3 Å². The van der Waals surface area contributed by atoms with Crippen molar-refractivity contribution in [3.05, 3.63) is 143 Å². The number of aromatic nitrogens is 3. The number of thioether (sulfide) groups is 1. The Morgan fingerprint density at radius 1 is 0.867 bits per heavy atom. The number of benzene rings is 4. The van der Waals surface area contributed by atoms with Crippen LogP contribution in [0.1, 0.15) is 63.6 Å². The molecule has 0 fully saturated rings. The lowest BCUT2D eigenvalue weighted by molar-refractivity contribution is 0.0950. The zero-order valence-electron chi connectivity index (χ0n) is 25.5. The van der Waals surface area contributed by atoms with Crippen molar-refractivity contribution in [2.45, 2.75) is 62.4 Å². The molecule has 6 nitrogen and oxygen atoms in total.